The zero-order valence-electron chi connectivity index (χ0n) is 10.5. The third-order valence-corrected chi connectivity index (χ3v) is 2.76. The van der Waals surface area contributed by atoms with Crippen molar-refractivity contribution in [2.45, 2.75) is 18.8 Å². The summed E-state index contributed by atoms with van der Waals surface area (Å²) in [6.45, 7) is 0.811. The van der Waals surface area contributed by atoms with Crippen molar-refractivity contribution in [3.05, 3.63) is 48.0 Å². The summed E-state index contributed by atoms with van der Waals surface area (Å²) in [6.07, 6.45) is 1.95. The van der Waals surface area contributed by atoms with Crippen LogP contribution in [0.4, 0.5) is 4.79 Å². The largest absolute Gasteiger partial charge is 0.445 e. The highest BCUT2D eigenvalue weighted by atomic mass is 16.5. The third kappa shape index (κ3) is 4.39. The first-order chi connectivity index (χ1) is 9.25. The number of hydrogen-bond donors (Lipinski definition) is 2. The van der Waals surface area contributed by atoms with Crippen LogP contribution in [0.1, 0.15) is 5.56 Å². The minimum atomic E-state index is -0.761. The number of aliphatic hydroxyl groups is 1. The molecule has 2 atom stereocenters. The van der Waals surface area contributed by atoms with Gasteiger partial charge in [0.15, 0.2) is 0 Å². The predicted molar refractivity (Wildman–Crippen MR) is 69.5 cm³/mol. The van der Waals surface area contributed by atoms with Crippen molar-refractivity contribution in [3.8, 4) is 0 Å². The van der Waals surface area contributed by atoms with E-state index in [0.29, 0.717) is 6.61 Å². The summed E-state index contributed by atoms with van der Waals surface area (Å²) in [6, 6.07) is 9.40. The van der Waals surface area contributed by atoms with Gasteiger partial charge in [-0.05, 0) is 5.56 Å². The maximum absolute atomic E-state index is 11.4. The number of rotatable bonds is 5. The molecular formula is C14H17NO4. The first-order valence-corrected chi connectivity index (χ1v) is 6.16. The highest BCUT2D eigenvalue weighted by molar-refractivity contribution is 5.67. The molecule has 0 saturated heterocycles. The minimum Gasteiger partial charge on any atom is -0.445 e. The number of carbonyl (C=O) groups is 1. The number of aliphatic hydroxyl groups excluding tert-OH is 1. The van der Waals surface area contributed by atoms with Crippen molar-refractivity contribution in [2.75, 3.05) is 13.2 Å². The van der Waals surface area contributed by atoms with Crippen molar-refractivity contribution < 1.29 is 19.4 Å². The fraction of sp³-hybridized carbons (Fsp3) is 0.357. The van der Waals surface area contributed by atoms with E-state index in [0.717, 1.165) is 5.56 Å². The number of amides is 1. The number of hydrogen-bond acceptors (Lipinski definition) is 4. The molecule has 1 aliphatic heterocycles. The fourth-order valence-corrected chi connectivity index (χ4v) is 1.73. The lowest BCUT2D eigenvalue weighted by molar-refractivity contribution is 0.0136. The molecule has 1 aromatic carbocycles. The predicted octanol–water partition coefficient (Wildman–Crippen LogP) is 1.23. The standard InChI is InChI=1S/C14H17NO4/c16-12(13-7-4-8-18-13)9-15-14(17)19-10-11-5-2-1-3-6-11/h1-7,12-13,16H,8-10H2,(H,15,17)/t12?,13-/m0/s1. The van der Waals surface area contributed by atoms with Crippen LogP contribution in [0.5, 0.6) is 0 Å². The van der Waals surface area contributed by atoms with Crippen LogP contribution in [-0.4, -0.2) is 36.6 Å². The smallest absolute Gasteiger partial charge is 0.407 e. The van der Waals surface area contributed by atoms with Gasteiger partial charge in [-0.3, -0.25) is 0 Å². The molecule has 2 N–H and O–H groups in total. The molecule has 1 aliphatic rings. The lowest BCUT2D eigenvalue weighted by atomic mass is 10.2. The quantitative estimate of drug-likeness (QED) is 0.784. The van der Waals surface area contributed by atoms with E-state index in [2.05, 4.69) is 5.32 Å². The molecule has 102 valence electrons. The Balaban J connectivity index is 1.65. The molecule has 2 rings (SSSR count). The lowest BCUT2D eigenvalue weighted by Crippen LogP contribution is -2.38. The Kier molecular flexibility index (Phi) is 4.94. The highest BCUT2D eigenvalue weighted by Gasteiger charge is 2.20. The van der Waals surface area contributed by atoms with E-state index in [-0.39, 0.29) is 19.3 Å². The maximum Gasteiger partial charge on any atom is 0.407 e. The Hall–Kier alpha value is -1.85. The van der Waals surface area contributed by atoms with Crippen LogP contribution in [0, 0.1) is 0 Å². The van der Waals surface area contributed by atoms with Gasteiger partial charge in [0.1, 0.15) is 18.8 Å². The zero-order valence-corrected chi connectivity index (χ0v) is 10.5. The molecule has 5 nitrogen and oxygen atoms in total. The van der Waals surface area contributed by atoms with Crippen molar-refractivity contribution in [1.29, 1.82) is 0 Å². The molecule has 0 aromatic heterocycles. The maximum atomic E-state index is 11.4. The summed E-state index contributed by atoms with van der Waals surface area (Å²) in [5, 5.41) is 12.2. The molecule has 1 heterocycles. The average Bonchev–Trinajstić information content (AvgIpc) is 2.98. The molecular weight excluding hydrogens is 246 g/mol. The van der Waals surface area contributed by atoms with Gasteiger partial charge in [0.2, 0.25) is 0 Å². The van der Waals surface area contributed by atoms with Gasteiger partial charge in [-0.15, -0.1) is 0 Å². The second-order valence-electron chi connectivity index (χ2n) is 4.24. The van der Waals surface area contributed by atoms with Gasteiger partial charge in [0.25, 0.3) is 0 Å². The molecule has 0 bridgehead atoms. The van der Waals surface area contributed by atoms with E-state index >= 15 is 0 Å². The van der Waals surface area contributed by atoms with Gasteiger partial charge >= 0.3 is 6.09 Å². The van der Waals surface area contributed by atoms with Gasteiger partial charge in [0.05, 0.1) is 6.61 Å². The van der Waals surface area contributed by atoms with Crippen LogP contribution in [0.25, 0.3) is 0 Å². The first-order valence-electron chi connectivity index (χ1n) is 6.16. The summed E-state index contributed by atoms with van der Waals surface area (Å²) in [5.41, 5.74) is 0.917. The lowest BCUT2D eigenvalue weighted by Gasteiger charge is -2.16. The fourth-order valence-electron chi connectivity index (χ4n) is 1.73. The van der Waals surface area contributed by atoms with Crippen molar-refractivity contribution in [2.24, 2.45) is 0 Å². The van der Waals surface area contributed by atoms with E-state index in [4.69, 9.17) is 9.47 Å². The topological polar surface area (TPSA) is 67.8 Å². The van der Waals surface area contributed by atoms with Gasteiger partial charge in [-0.1, -0.05) is 42.5 Å². The Morgan fingerprint density at radius 3 is 2.95 bits per heavy atom. The number of alkyl carbamates (subject to hydrolysis) is 1. The van der Waals surface area contributed by atoms with Crippen LogP contribution in [0.3, 0.4) is 0 Å². The third-order valence-electron chi connectivity index (χ3n) is 2.76. The van der Waals surface area contributed by atoms with E-state index < -0.39 is 12.2 Å². The summed E-state index contributed by atoms with van der Waals surface area (Å²) >= 11 is 0. The second-order valence-corrected chi connectivity index (χ2v) is 4.24. The average molecular weight is 263 g/mol. The molecule has 1 amide bonds. The molecule has 0 spiro atoms. The van der Waals surface area contributed by atoms with E-state index in [9.17, 15) is 9.90 Å². The molecule has 1 unspecified atom stereocenters. The zero-order chi connectivity index (χ0) is 13.5. The molecule has 19 heavy (non-hydrogen) atoms. The Labute approximate surface area is 111 Å². The van der Waals surface area contributed by atoms with Crippen LogP contribution in [0.15, 0.2) is 42.5 Å². The molecule has 1 aromatic rings. The SMILES string of the molecule is O=C(NCC(O)[C@@H]1C=CCO1)OCc1ccccc1. The molecule has 5 heteroatoms. The summed E-state index contributed by atoms with van der Waals surface area (Å²) in [4.78, 5) is 11.4. The van der Waals surface area contributed by atoms with Crippen molar-refractivity contribution in [1.82, 2.24) is 5.32 Å². The van der Waals surface area contributed by atoms with Crippen molar-refractivity contribution >= 4 is 6.09 Å². The monoisotopic (exact) mass is 263 g/mol. The number of carbonyl (C=O) groups excluding carboxylic acids is 1. The Morgan fingerprint density at radius 2 is 2.26 bits per heavy atom. The molecule has 0 saturated carbocycles. The van der Waals surface area contributed by atoms with Gasteiger partial charge < -0.3 is 19.9 Å². The van der Waals surface area contributed by atoms with Crippen LogP contribution in [0.2, 0.25) is 0 Å². The normalized spacial score (nSPS) is 19.1. The van der Waals surface area contributed by atoms with E-state index in [1.165, 1.54) is 0 Å². The summed E-state index contributed by atoms with van der Waals surface area (Å²) in [5.74, 6) is 0. The number of ether oxygens (including phenoxy) is 2. The van der Waals surface area contributed by atoms with Crippen LogP contribution in [-0.2, 0) is 16.1 Å². The van der Waals surface area contributed by atoms with Crippen molar-refractivity contribution in [3.63, 3.8) is 0 Å². The van der Waals surface area contributed by atoms with Crippen LogP contribution < -0.4 is 5.32 Å². The summed E-state index contributed by atoms with van der Waals surface area (Å²) in [7, 11) is 0. The van der Waals surface area contributed by atoms with Gasteiger partial charge in [0, 0.05) is 6.54 Å². The molecule has 0 fully saturated rings. The molecule has 0 aliphatic carbocycles. The summed E-state index contributed by atoms with van der Waals surface area (Å²) < 4.78 is 10.2. The number of benzene rings is 1. The van der Waals surface area contributed by atoms with Crippen LogP contribution >= 0.6 is 0 Å². The Bertz CT molecular complexity index is 432. The highest BCUT2D eigenvalue weighted by Crippen LogP contribution is 2.07. The first kappa shape index (κ1) is 13.6. The van der Waals surface area contributed by atoms with Gasteiger partial charge in [-0.2, -0.15) is 0 Å². The van der Waals surface area contributed by atoms with E-state index in [1.807, 2.05) is 36.4 Å². The molecule has 0 radical (unpaired) electrons. The minimum absolute atomic E-state index is 0.0998. The second kappa shape index (κ2) is 6.92. The van der Waals surface area contributed by atoms with Gasteiger partial charge in [-0.25, -0.2) is 4.79 Å². The Morgan fingerprint density at radius 1 is 1.47 bits per heavy atom. The van der Waals surface area contributed by atoms with E-state index in [1.54, 1.807) is 6.08 Å². The number of nitrogens with one attached hydrogen (secondary N) is 1.